The van der Waals surface area contributed by atoms with Gasteiger partial charge in [0, 0.05) is 5.56 Å². The van der Waals surface area contributed by atoms with E-state index in [1.165, 1.54) is 18.2 Å². The summed E-state index contributed by atoms with van der Waals surface area (Å²) >= 11 is 0. The van der Waals surface area contributed by atoms with Gasteiger partial charge in [-0.3, -0.25) is 0 Å². The molecule has 23 heavy (non-hydrogen) atoms. The summed E-state index contributed by atoms with van der Waals surface area (Å²) in [4.78, 5) is 0. The van der Waals surface area contributed by atoms with E-state index in [9.17, 15) is 17.6 Å². The number of nitrogens with zero attached hydrogens (tertiary/aromatic N) is 1. The molecule has 5 heteroatoms. The smallest absolute Gasteiger partial charge is 0.147 e. The summed E-state index contributed by atoms with van der Waals surface area (Å²) in [5, 5.41) is 8.80. The van der Waals surface area contributed by atoms with Gasteiger partial charge >= 0.3 is 0 Å². The third-order valence-electron chi connectivity index (χ3n) is 4.36. The largest absolute Gasteiger partial charge is 0.207 e. The van der Waals surface area contributed by atoms with Crippen LogP contribution >= 0.6 is 0 Å². The van der Waals surface area contributed by atoms with E-state index in [0.29, 0.717) is 17.5 Å². The lowest BCUT2D eigenvalue weighted by Crippen LogP contribution is -2.18. The van der Waals surface area contributed by atoms with Crippen LogP contribution in [0, 0.1) is 41.5 Å². The predicted octanol–water partition coefficient (Wildman–Crippen LogP) is 4.70. The van der Waals surface area contributed by atoms with Crippen LogP contribution in [0.25, 0.3) is 0 Å². The average molecular weight is 319 g/mol. The van der Waals surface area contributed by atoms with E-state index < -0.39 is 34.8 Å². The molecule has 0 bridgehead atoms. The fourth-order valence-electron chi connectivity index (χ4n) is 3.30. The molecule has 0 N–H and O–H groups in total. The number of hydrogen-bond acceptors (Lipinski definition) is 1. The molecule has 0 amide bonds. The Kier molecular flexibility index (Phi) is 3.85. The second-order valence-electron chi connectivity index (χ2n) is 5.88. The SMILES string of the molecule is Cc1cc(F)c(C2CCc3c(cc(F)c(C#N)c3F)C2)c(F)c1. The minimum atomic E-state index is -0.936. The van der Waals surface area contributed by atoms with Crippen LogP contribution in [-0.2, 0) is 12.8 Å². The van der Waals surface area contributed by atoms with E-state index in [-0.39, 0.29) is 24.0 Å². The van der Waals surface area contributed by atoms with Gasteiger partial charge in [-0.2, -0.15) is 5.26 Å². The number of aryl methyl sites for hydroxylation is 1. The predicted molar refractivity (Wildman–Crippen MR) is 76.9 cm³/mol. The average Bonchev–Trinajstić information content (AvgIpc) is 2.46. The molecule has 0 saturated heterocycles. The van der Waals surface area contributed by atoms with E-state index in [4.69, 9.17) is 5.26 Å². The molecule has 118 valence electrons. The van der Waals surface area contributed by atoms with Crippen LogP contribution in [0.1, 0.15) is 40.2 Å². The van der Waals surface area contributed by atoms with Gasteiger partial charge in [0.2, 0.25) is 0 Å². The summed E-state index contributed by atoms with van der Waals surface area (Å²) in [5.74, 6) is -3.54. The van der Waals surface area contributed by atoms with Crippen molar-refractivity contribution in [2.24, 2.45) is 0 Å². The van der Waals surface area contributed by atoms with Crippen LogP contribution in [-0.4, -0.2) is 0 Å². The van der Waals surface area contributed by atoms with Gasteiger partial charge < -0.3 is 0 Å². The second kappa shape index (κ2) is 5.69. The maximum absolute atomic E-state index is 14.1. The van der Waals surface area contributed by atoms with Crippen LogP contribution in [0.2, 0.25) is 0 Å². The molecule has 0 radical (unpaired) electrons. The first-order chi connectivity index (χ1) is 10.9. The monoisotopic (exact) mass is 319 g/mol. The Hall–Kier alpha value is -2.35. The van der Waals surface area contributed by atoms with Crippen LogP contribution in [0.3, 0.4) is 0 Å². The standard InChI is InChI=1S/C18H13F4N/c1-9-4-15(20)17(16(21)5-9)10-2-3-12-11(6-10)7-14(19)13(8-23)18(12)22/h4-5,7,10H,2-3,6H2,1H3. The van der Waals surface area contributed by atoms with Crippen molar-refractivity contribution in [1.82, 2.24) is 0 Å². The van der Waals surface area contributed by atoms with E-state index in [2.05, 4.69) is 0 Å². The molecule has 0 aliphatic heterocycles. The van der Waals surface area contributed by atoms with Crippen molar-refractivity contribution in [3.63, 3.8) is 0 Å². The molecule has 0 fully saturated rings. The van der Waals surface area contributed by atoms with E-state index in [1.807, 2.05) is 0 Å². The molecule has 1 aliphatic carbocycles. The molecule has 0 saturated carbocycles. The minimum absolute atomic E-state index is 0.0357. The molecule has 1 aliphatic rings. The molecular formula is C18H13F4N. The van der Waals surface area contributed by atoms with Gasteiger partial charge in [0.15, 0.2) is 0 Å². The molecule has 2 aromatic rings. The van der Waals surface area contributed by atoms with Crippen molar-refractivity contribution in [2.75, 3.05) is 0 Å². The lowest BCUT2D eigenvalue weighted by atomic mass is 9.79. The molecule has 1 nitrogen and oxygen atoms in total. The summed E-state index contributed by atoms with van der Waals surface area (Å²) < 4.78 is 56.2. The van der Waals surface area contributed by atoms with Gasteiger partial charge in [-0.25, -0.2) is 17.6 Å². The number of halogens is 4. The number of benzene rings is 2. The summed E-state index contributed by atoms with van der Waals surface area (Å²) in [7, 11) is 0. The fraction of sp³-hybridized carbons (Fsp3) is 0.278. The fourth-order valence-corrected chi connectivity index (χ4v) is 3.30. The van der Waals surface area contributed by atoms with Crippen molar-refractivity contribution in [3.05, 3.63) is 69.3 Å². The van der Waals surface area contributed by atoms with Crippen LogP contribution in [0.5, 0.6) is 0 Å². The van der Waals surface area contributed by atoms with Gasteiger partial charge in [-0.05, 0) is 67.0 Å². The number of nitriles is 1. The van der Waals surface area contributed by atoms with Crippen LogP contribution < -0.4 is 0 Å². The first kappa shape index (κ1) is 15.5. The van der Waals surface area contributed by atoms with Gasteiger partial charge in [-0.1, -0.05) is 0 Å². The third kappa shape index (κ3) is 2.59. The van der Waals surface area contributed by atoms with Gasteiger partial charge in [-0.15, -0.1) is 0 Å². The first-order valence-electron chi connectivity index (χ1n) is 7.27. The zero-order valence-corrected chi connectivity index (χ0v) is 12.4. The van der Waals surface area contributed by atoms with Crippen molar-refractivity contribution >= 4 is 0 Å². The summed E-state index contributed by atoms with van der Waals surface area (Å²) in [6, 6.07) is 5.13. The molecule has 0 heterocycles. The van der Waals surface area contributed by atoms with Crippen LogP contribution in [0.15, 0.2) is 18.2 Å². The van der Waals surface area contributed by atoms with Gasteiger partial charge in [0.25, 0.3) is 0 Å². The van der Waals surface area contributed by atoms with E-state index in [1.54, 1.807) is 6.92 Å². The number of rotatable bonds is 1. The highest BCUT2D eigenvalue weighted by Gasteiger charge is 2.29. The maximum Gasteiger partial charge on any atom is 0.147 e. The molecular weight excluding hydrogens is 306 g/mol. The Labute approximate surface area is 131 Å². The normalized spacial score (nSPS) is 16.8. The molecule has 0 spiro atoms. The highest BCUT2D eigenvalue weighted by molar-refractivity contribution is 5.44. The van der Waals surface area contributed by atoms with E-state index >= 15 is 0 Å². The van der Waals surface area contributed by atoms with Crippen LogP contribution in [0.4, 0.5) is 17.6 Å². The molecule has 2 aromatic carbocycles. The number of fused-ring (bicyclic) bond motifs is 1. The number of hydrogen-bond donors (Lipinski definition) is 0. The zero-order valence-electron chi connectivity index (χ0n) is 12.4. The quantitative estimate of drug-likeness (QED) is 0.699. The summed E-state index contributed by atoms with van der Waals surface area (Å²) in [6.45, 7) is 1.60. The molecule has 0 aromatic heterocycles. The summed E-state index contributed by atoms with van der Waals surface area (Å²) in [5.41, 5.74) is 0.485. The molecule has 1 atom stereocenters. The van der Waals surface area contributed by atoms with Crippen molar-refractivity contribution < 1.29 is 17.6 Å². The third-order valence-corrected chi connectivity index (χ3v) is 4.36. The Morgan fingerprint density at radius 2 is 1.70 bits per heavy atom. The highest BCUT2D eigenvalue weighted by Crippen LogP contribution is 2.37. The first-order valence-corrected chi connectivity index (χ1v) is 7.27. The highest BCUT2D eigenvalue weighted by atomic mass is 19.1. The Bertz CT molecular complexity index is 813. The molecule has 1 unspecified atom stereocenters. The van der Waals surface area contributed by atoms with Gasteiger partial charge in [0.05, 0.1) is 0 Å². The van der Waals surface area contributed by atoms with E-state index in [0.717, 1.165) is 6.07 Å². The minimum Gasteiger partial charge on any atom is -0.207 e. The maximum atomic E-state index is 14.1. The van der Waals surface area contributed by atoms with Gasteiger partial charge in [0.1, 0.15) is 34.9 Å². The Balaban J connectivity index is 2.04. The Morgan fingerprint density at radius 1 is 1.04 bits per heavy atom. The lowest BCUT2D eigenvalue weighted by molar-refractivity contribution is 0.476. The lowest BCUT2D eigenvalue weighted by Gasteiger charge is -2.26. The van der Waals surface area contributed by atoms with Crippen molar-refractivity contribution in [1.29, 1.82) is 5.26 Å². The molecule has 3 rings (SSSR count). The second-order valence-corrected chi connectivity index (χ2v) is 5.88. The summed E-state index contributed by atoms with van der Waals surface area (Å²) in [6.07, 6.45) is 0.705. The Morgan fingerprint density at radius 3 is 2.30 bits per heavy atom. The topological polar surface area (TPSA) is 23.8 Å². The van der Waals surface area contributed by atoms with Crippen molar-refractivity contribution in [3.8, 4) is 6.07 Å². The van der Waals surface area contributed by atoms with Crippen molar-refractivity contribution in [2.45, 2.75) is 32.1 Å². The zero-order chi connectivity index (χ0) is 16.7.